The summed E-state index contributed by atoms with van der Waals surface area (Å²) in [5, 5.41) is 10.7. The summed E-state index contributed by atoms with van der Waals surface area (Å²) in [5.41, 5.74) is 0.713. The van der Waals surface area contributed by atoms with Crippen molar-refractivity contribution in [2.75, 3.05) is 13.2 Å². The summed E-state index contributed by atoms with van der Waals surface area (Å²) in [7, 11) is 0. The first-order valence-electron chi connectivity index (χ1n) is 7.43. The molecular formula is C16H21NO6. The van der Waals surface area contributed by atoms with Gasteiger partial charge in [0.25, 0.3) is 5.69 Å². The second kappa shape index (κ2) is 9.55. The molecule has 0 radical (unpaired) electrons. The van der Waals surface area contributed by atoms with Crippen molar-refractivity contribution in [1.82, 2.24) is 0 Å². The van der Waals surface area contributed by atoms with Gasteiger partial charge in [0, 0.05) is 18.6 Å². The molecule has 0 spiro atoms. The van der Waals surface area contributed by atoms with E-state index >= 15 is 0 Å². The maximum atomic E-state index is 11.5. The van der Waals surface area contributed by atoms with Crippen molar-refractivity contribution in [3.8, 4) is 0 Å². The molecule has 1 rings (SSSR count). The molecule has 0 N–H and O–H groups in total. The van der Waals surface area contributed by atoms with Crippen LogP contribution in [0.1, 0.15) is 32.3 Å². The Labute approximate surface area is 134 Å². The molecule has 126 valence electrons. The lowest BCUT2D eigenvalue weighted by molar-refractivity contribution is -0.384. The van der Waals surface area contributed by atoms with Gasteiger partial charge < -0.3 is 9.47 Å². The molecule has 7 nitrogen and oxygen atoms in total. The summed E-state index contributed by atoms with van der Waals surface area (Å²) >= 11 is 0. The standard InChI is InChI=1S/C16H21NO6/c1-12(2)11-23-16(19)7-6-15(18)22-9-8-13-4-3-5-14(10-13)17(20)21/h3-5,10,12H,6-9,11H2,1-2H3. The molecule has 0 aliphatic carbocycles. The summed E-state index contributed by atoms with van der Waals surface area (Å²) in [4.78, 5) is 33.0. The summed E-state index contributed by atoms with van der Waals surface area (Å²) < 4.78 is 9.96. The highest BCUT2D eigenvalue weighted by molar-refractivity contribution is 5.77. The molecule has 0 amide bonds. The van der Waals surface area contributed by atoms with Crippen LogP contribution in [0.3, 0.4) is 0 Å². The molecule has 0 fully saturated rings. The van der Waals surface area contributed by atoms with E-state index in [0.717, 1.165) is 0 Å². The molecule has 0 unspecified atom stereocenters. The molecule has 0 aliphatic rings. The van der Waals surface area contributed by atoms with Gasteiger partial charge in [0.1, 0.15) is 0 Å². The Bertz CT molecular complexity index is 555. The van der Waals surface area contributed by atoms with Gasteiger partial charge in [-0.15, -0.1) is 0 Å². The number of hydrogen-bond donors (Lipinski definition) is 0. The summed E-state index contributed by atoms with van der Waals surface area (Å²) in [6, 6.07) is 6.15. The van der Waals surface area contributed by atoms with Crippen LogP contribution >= 0.6 is 0 Å². The lowest BCUT2D eigenvalue weighted by Gasteiger charge is -2.07. The highest BCUT2D eigenvalue weighted by atomic mass is 16.6. The number of nitro benzene ring substituents is 1. The number of ether oxygens (including phenoxy) is 2. The van der Waals surface area contributed by atoms with Gasteiger partial charge in [-0.2, -0.15) is 0 Å². The van der Waals surface area contributed by atoms with Gasteiger partial charge in [-0.05, 0) is 11.5 Å². The molecule has 0 saturated heterocycles. The number of nitrogens with zero attached hydrogens (tertiary/aromatic N) is 1. The molecule has 1 aromatic carbocycles. The number of carbonyl (C=O) groups excluding carboxylic acids is 2. The Morgan fingerprint density at radius 2 is 1.83 bits per heavy atom. The van der Waals surface area contributed by atoms with Crippen molar-refractivity contribution in [3.63, 3.8) is 0 Å². The predicted molar refractivity (Wildman–Crippen MR) is 82.8 cm³/mol. The van der Waals surface area contributed by atoms with Crippen LogP contribution in [0.5, 0.6) is 0 Å². The summed E-state index contributed by atoms with van der Waals surface area (Å²) in [6.07, 6.45) is 0.333. The highest BCUT2D eigenvalue weighted by Gasteiger charge is 2.10. The van der Waals surface area contributed by atoms with Crippen LogP contribution < -0.4 is 0 Å². The van der Waals surface area contributed by atoms with Gasteiger partial charge in [0.15, 0.2) is 0 Å². The average Bonchev–Trinajstić information content (AvgIpc) is 2.51. The molecule has 1 aromatic rings. The van der Waals surface area contributed by atoms with E-state index < -0.39 is 16.9 Å². The van der Waals surface area contributed by atoms with E-state index in [9.17, 15) is 19.7 Å². The third-order valence-electron chi connectivity index (χ3n) is 2.89. The molecule has 0 atom stereocenters. The fraction of sp³-hybridized carbons (Fsp3) is 0.500. The first-order valence-corrected chi connectivity index (χ1v) is 7.43. The number of esters is 2. The van der Waals surface area contributed by atoms with E-state index in [1.165, 1.54) is 12.1 Å². The minimum Gasteiger partial charge on any atom is -0.465 e. The van der Waals surface area contributed by atoms with E-state index in [4.69, 9.17) is 9.47 Å². The zero-order valence-corrected chi connectivity index (χ0v) is 13.3. The number of nitro groups is 1. The molecule has 0 saturated carbocycles. The second-order valence-electron chi connectivity index (χ2n) is 5.47. The third kappa shape index (κ3) is 7.94. The minimum absolute atomic E-state index is 0.00160. The van der Waals surface area contributed by atoms with Crippen LogP contribution in [0.25, 0.3) is 0 Å². The van der Waals surface area contributed by atoms with Crippen molar-refractivity contribution >= 4 is 17.6 Å². The normalized spacial score (nSPS) is 10.4. The van der Waals surface area contributed by atoms with Gasteiger partial charge in [-0.1, -0.05) is 26.0 Å². The van der Waals surface area contributed by atoms with E-state index in [2.05, 4.69) is 0 Å². The molecule has 7 heteroatoms. The fourth-order valence-corrected chi connectivity index (χ4v) is 1.72. The number of non-ortho nitro benzene ring substituents is 1. The Balaban J connectivity index is 2.25. The Morgan fingerprint density at radius 3 is 2.43 bits per heavy atom. The summed E-state index contributed by atoms with van der Waals surface area (Å²) in [5.74, 6) is -0.660. The van der Waals surface area contributed by atoms with Crippen LogP contribution in [0.4, 0.5) is 5.69 Å². The van der Waals surface area contributed by atoms with Crippen molar-refractivity contribution < 1.29 is 24.0 Å². The van der Waals surface area contributed by atoms with Crippen molar-refractivity contribution in [3.05, 3.63) is 39.9 Å². The van der Waals surface area contributed by atoms with Crippen LogP contribution in [0.15, 0.2) is 24.3 Å². The van der Waals surface area contributed by atoms with Crippen molar-refractivity contribution in [2.24, 2.45) is 5.92 Å². The smallest absolute Gasteiger partial charge is 0.306 e. The number of rotatable bonds is 9. The van der Waals surface area contributed by atoms with Gasteiger partial charge in [0.05, 0.1) is 31.0 Å². The quantitative estimate of drug-likeness (QED) is 0.394. The number of hydrogen-bond acceptors (Lipinski definition) is 6. The first kappa shape index (κ1) is 18.6. The Kier molecular flexibility index (Phi) is 7.73. The highest BCUT2D eigenvalue weighted by Crippen LogP contribution is 2.13. The monoisotopic (exact) mass is 323 g/mol. The molecule has 23 heavy (non-hydrogen) atoms. The van der Waals surface area contributed by atoms with Gasteiger partial charge in [0.2, 0.25) is 0 Å². The van der Waals surface area contributed by atoms with Crippen molar-refractivity contribution in [1.29, 1.82) is 0 Å². The van der Waals surface area contributed by atoms with Crippen LogP contribution in [-0.2, 0) is 25.5 Å². The predicted octanol–water partition coefficient (Wildman–Crippen LogP) is 2.66. The van der Waals surface area contributed by atoms with Crippen LogP contribution in [-0.4, -0.2) is 30.1 Å². The van der Waals surface area contributed by atoms with E-state index in [1.54, 1.807) is 12.1 Å². The minimum atomic E-state index is -0.489. The summed E-state index contributed by atoms with van der Waals surface area (Å²) in [6.45, 7) is 4.30. The average molecular weight is 323 g/mol. The molecule has 0 bridgehead atoms. The lowest BCUT2D eigenvalue weighted by Crippen LogP contribution is -2.13. The van der Waals surface area contributed by atoms with Crippen LogP contribution in [0.2, 0.25) is 0 Å². The zero-order valence-electron chi connectivity index (χ0n) is 13.3. The van der Waals surface area contributed by atoms with E-state index in [-0.39, 0.29) is 31.1 Å². The lowest BCUT2D eigenvalue weighted by atomic mass is 10.1. The topological polar surface area (TPSA) is 95.7 Å². The van der Waals surface area contributed by atoms with Crippen molar-refractivity contribution in [2.45, 2.75) is 33.1 Å². The van der Waals surface area contributed by atoms with E-state index in [1.807, 2.05) is 13.8 Å². The fourth-order valence-electron chi connectivity index (χ4n) is 1.72. The van der Waals surface area contributed by atoms with Gasteiger partial charge in [-0.3, -0.25) is 19.7 Å². The molecular weight excluding hydrogens is 302 g/mol. The second-order valence-corrected chi connectivity index (χ2v) is 5.47. The third-order valence-corrected chi connectivity index (χ3v) is 2.89. The largest absolute Gasteiger partial charge is 0.465 e. The maximum absolute atomic E-state index is 11.5. The molecule has 0 aromatic heterocycles. The first-order chi connectivity index (χ1) is 10.9. The number of benzene rings is 1. The number of carbonyl (C=O) groups is 2. The maximum Gasteiger partial charge on any atom is 0.306 e. The van der Waals surface area contributed by atoms with Crippen LogP contribution in [0, 0.1) is 16.0 Å². The van der Waals surface area contributed by atoms with E-state index in [0.29, 0.717) is 18.6 Å². The Hall–Kier alpha value is -2.44. The Morgan fingerprint density at radius 1 is 1.17 bits per heavy atom. The van der Waals surface area contributed by atoms with Gasteiger partial charge in [-0.25, -0.2) is 0 Å². The zero-order chi connectivity index (χ0) is 17.2. The SMILES string of the molecule is CC(C)COC(=O)CCC(=O)OCCc1cccc([N+](=O)[O-])c1. The van der Waals surface area contributed by atoms with Gasteiger partial charge >= 0.3 is 11.9 Å². The molecule has 0 heterocycles. The molecule has 0 aliphatic heterocycles.